The standard InChI is InChI=1S/C17H10ClNO3S2/c18-12-5-1-3-10(7-12)8-14-15(20)19(17(23)24-14)13-6-2-4-11(9-13)16(21)22/h1-9H,(H,21,22)/b14-8-. The van der Waals surface area contributed by atoms with Crippen LogP contribution in [0.4, 0.5) is 5.69 Å². The van der Waals surface area contributed by atoms with E-state index in [2.05, 4.69) is 0 Å². The summed E-state index contributed by atoms with van der Waals surface area (Å²) in [5.74, 6) is -1.34. The molecule has 0 spiro atoms. The van der Waals surface area contributed by atoms with Crippen molar-refractivity contribution in [1.82, 2.24) is 0 Å². The lowest BCUT2D eigenvalue weighted by Crippen LogP contribution is -2.27. The van der Waals surface area contributed by atoms with Crippen molar-refractivity contribution >= 4 is 63.5 Å². The monoisotopic (exact) mass is 375 g/mol. The number of halogens is 1. The first-order chi connectivity index (χ1) is 11.5. The highest BCUT2D eigenvalue weighted by molar-refractivity contribution is 8.27. The van der Waals surface area contributed by atoms with Crippen LogP contribution in [0.2, 0.25) is 5.02 Å². The molecule has 0 aliphatic carbocycles. The summed E-state index contributed by atoms with van der Waals surface area (Å²) in [6.07, 6.45) is 1.71. The summed E-state index contributed by atoms with van der Waals surface area (Å²) in [6, 6.07) is 13.3. The van der Waals surface area contributed by atoms with E-state index < -0.39 is 5.97 Å². The van der Waals surface area contributed by atoms with Crippen LogP contribution in [0, 0.1) is 0 Å². The van der Waals surface area contributed by atoms with E-state index in [1.165, 1.54) is 28.8 Å². The quantitative estimate of drug-likeness (QED) is 0.634. The number of thioether (sulfide) groups is 1. The summed E-state index contributed by atoms with van der Waals surface area (Å²) < 4.78 is 0.357. The maximum Gasteiger partial charge on any atom is 0.335 e. The van der Waals surface area contributed by atoms with Crippen molar-refractivity contribution in [2.45, 2.75) is 0 Å². The number of carboxylic acid groups (broad SMARTS) is 1. The van der Waals surface area contributed by atoms with E-state index in [0.717, 1.165) is 5.56 Å². The molecule has 2 aromatic rings. The number of hydrogen-bond donors (Lipinski definition) is 1. The van der Waals surface area contributed by atoms with Crippen LogP contribution in [0.15, 0.2) is 53.4 Å². The van der Waals surface area contributed by atoms with Crippen molar-refractivity contribution in [1.29, 1.82) is 0 Å². The first-order valence-corrected chi connectivity index (χ1v) is 8.43. The lowest BCUT2D eigenvalue weighted by Gasteiger charge is -2.14. The first-order valence-electron chi connectivity index (χ1n) is 6.82. The van der Waals surface area contributed by atoms with Gasteiger partial charge in [-0.05, 0) is 42.0 Å². The number of carboxylic acids is 1. The zero-order valence-electron chi connectivity index (χ0n) is 12.1. The van der Waals surface area contributed by atoms with Crippen LogP contribution >= 0.6 is 35.6 Å². The number of anilines is 1. The smallest absolute Gasteiger partial charge is 0.335 e. The third-order valence-corrected chi connectivity index (χ3v) is 4.83. The van der Waals surface area contributed by atoms with E-state index >= 15 is 0 Å². The van der Waals surface area contributed by atoms with E-state index in [4.69, 9.17) is 28.9 Å². The van der Waals surface area contributed by atoms with Crippen molar-refractivity contribution in [2.75, 3.05) is 4.90 Å². The van der Waals surface area contributed by atoms with Gasteiger partial charge in [0.2, 0.25) is 0 Å². The lowest BCUT2D eigenvalue weighted by molar-refractivity contribution is -0.113. The van der Waals surface area contributed by atoms with Gasteiger partial charge in [-0.3, -0.25) is 9.69 Å². The Balaban J connectivity index is 1.95. The minimum absolute atomic E-state index is 0.0976. The van der Waals surface area contributed by atoms with Gasteiger partial charge in [0.1, 0.15) is 0 Å². The number of aromatic carboxylic acids is 1. The highest BCUT2D eigenvalue weighted by atomic mass is 35.5. The van der Waals surface area contributed by atoms with Gasteiger partial charge < -0.3 is 5.11 Å². The summed E-state index contributed by atoms with van der Waals surface area (Å²) in [4.78, 5) is 25.6. The molecular weight excluding hydrogens is 366 g/mol. The molecule has 120 valence electrons. The molecule has 1 N–H and O–H groups in total. The van der Waals surface area contributed by atoms with Gasteiger partial charge in [-0.15, -0.1) is 0 Å². The van der Waals surface area contributed by atoms with E-state index in [-0.39, 0.29) is 11.5 Å². The number of carbonyl (C=O) groups is 2. The highest BCUT2D eigenvalue weighted by Crippen LogP contribution is 2.36. The Kier molecular flexibility index (Phi) is 4.71. The van der Waals surface area contributed by atoms with Gasteiger partial charge in [0.05, 0.1) is 16.2 Å². The number of hydrogen-bond acceptors (Lipinski definition) is 4. The molecule has 4 nitrogen and oxygen atoms in total. The molecule has 0 unspecified atom stereocenters. The molecule has 1 saturated heterocycles. The molecule has 0 bridgehead atoms. The summed E-state index contributed by atoms with van der Waals surface area (Å²) in [6.45, 7) is 0. The lowest BCUT2D eigenvalue weighted by atomic mass is 10.2. The van der Waals surface area contributed by atoms with Gasteiger partial charge in [-0.2, -0.15) is 0 Å². The maximum absolute atomic E-state index is 12.7. The molecule has 0 atom stereocenters. The van der Waals surface area contributed by atoms with E-state index in [9.17, 15) is 9.59 Å². The van der Waals surface area contributed by atoms with E-state index in [1.54, 1.807) is 36.4 Å². The van der Waals surface area contributed by atoms with Gasteiger partial charge in [-0.25, -0.2) is 4.79 Å². The largest absolute Gasteiger partial charge is 0.478 e. The molecule has 0 saturated carbocycles. The van der Waals surface area contributed by atoms with Crippen LogP contribution in [0.3, 0.4) is 0 Å². The molecule has 2 aromatic carbocycles. The number of thiocarbonyl (C=S) groups is 1. The third kappa shape index (κ3) is 3.36. The second kappa shape index (κ2) is 6.76. The van der Waals surface area contributed by atoms with E-state index in [1.807, 2.05) is 6.07 Å². The molecule has 1 amide bonds. The Morgan fingerprint density at radius 1 is 1.21 bits per heavy atom. The Bertz CT molecular complexity index is 895. The van der Waals surface area contributed by atoms with Crippen LogP contribution < -0.4 is 4.90 Å². The van der Waals surface area contributed by atoms with Crippen LogP contribution in [-0.4, -0.2) is 21.3 Å². The zero-order chi connectivity index (χ0) is 17.3. The Labute approximate surface area is 152 Å². The summed E-state index contributed by atoms with van der Waals surface area (Å²) in [7, 11) is 0. The topological polar surface area (TPSA) is 57.6 Å². The number of amides is 1. The normalized spacial score (nSPS) is 16.0. The van der Waals surface area contributed by atoms with Crippen molar-refractivity contribution in [3.8, 4) is 0 Å². The number of nitrogens with zero attached hydrogens (tertiary/aromatic N) is 1. The average Bonchev–Trinajstić information content (AvgIpc) is 2.81. The summed E-state index contributed by atoms with van der Waals surface area (Å²) in [5, 5.41) is 9.67. The Hall–Kier alpha value is -2.15. The molecule has 24 heavy (non-hydrogen) atoms. The number of benzene rings is 2. The van der Waals surface area contributed by atoms with E-state index in [0.29, 0.717) is 19.9 Å². The molecule has 0 radical (unpaired) electrons. The zero-order valence-corrected chi connectivity index (χ0v) is 14.5. The average molecular weight is 376 g/mol. The van der Waals surface area contributed by atoms with Crippen LogP contribution in [0.1, 0.15) is 15.9 Å². The van der Waals surface area contributed by atoms with Gasteiger partial charge in [0.25, 0.3) is 5.91 Å². The molecule has 7 heteroatoms. The van der Waals surface area contributed by atoms with Gasteiger partial charge in [-0.1, -0.05) is 53.8 Å². The van der Waals surface area contributed by atoms with Gasteiger partial charge >= 0.3 is 5.97 Å². The number of carbonyl (C=O) groups excluding carboxylic acids is 1. The Morgan fingerprint density at radius 3 is 2.67 bits per heavy atom. The molecule has 1 aliphatic rings. The molecular formula is C17H10ClNO3S2. The van der Waals surface area contributed by atoms with Crippen LogP contribution in [0.5, 0.6) is 0 Å². The van der Waals surface area contributed by atoms with Crippen LogP contribution in [-0.2, 0) is 4.79 Å². The fourth-order valence-electron chi connectivity index (χ4n) is 2.22. The highest BCUT2D eigenvalue weighted by Gasteiger charge is 2.33. The molecule has 1 fully saturated rings. The molecule has 1 aliphatic heterocycles. The predicted octanol–water partition coefficient (Wildman–Crippen LogP) is 4.44. The predicted molar refractivity (Wildman–Crippen MR) is 101 cm³/mol. The van der Waals surface area contributed by atoms with Gasteiger partial charge in [0, 0.05) is 5.02 Å². The third-order valence-electron chi connectivity index (χ3n) is 3.29. The maximum atomic E-state index is 12.7. The van der Waals surface area contributed by atoms with Crippen molar-refractivity contribution in [2.24, 2.45) is 0 Å². The summed E-state index contributed by atoms with van der Waals surface area (Å²) in [5.41, 5.74) is 1.33. The van der Waals surface area contributed by atoms with Gasteiger partial charge in [0.15, 0.2) is 4.32 Å². The summed E-state index contributed by atoms with van der Waals surface area (Å²) >= 11 is 12.4. The second-order valence-electron chi connectivity index (χ2n) is 4.93. The molecule has 3 rings (SSSR count). The van der Waals surface area contributed by atoms with Crippen molar-refractivity contribution < 1.29 is 14.7 Å². The Morgan fingerprint density at radius 2 is 1.96 bits per heavy atom. The molecule has 1 heterocycles. The fraction of sp³-hybridized carbons (Fsp3) is 0. The minimum Gasteiger partial charge on any atom is -0.478 e. The molecule has 0 aromatic heterocycles. The van der Waals surface area contributed by atoms with Crippen molar-refractivity contribution in [3.63, 3.8) is 0 Å². The minimum atomic E-state index is -1.06. The second-order valence-corrected chi connectivity index (χ2v) is 7.04. The van der Waals surface area contributed by atoms with Crippen molar-refractivity contribution in [3.05, 3.63) is 69.6 Å². The van der Waals surface area contributed by atoms with Crippen LogP contribution in [0.25, 0.3) is 6.08 Å². The SMILES string of the molecule is O=C(O)c1cccc(N2C(=O)/C(=C/c3cccc(Cl)c3)SC2=S)c1. The fourth-order valence-corrected chi connectivity index (χ4v) is 3.71. The number of rotatable bonds is 3. The first kappa shape index (κ1) is 16.7.